The smallest absolute Gasteiger partial charge is 0.242 e. The van der Waals surface area contributed by atoms with Crippen LogP contribution < -0.4 is 10.6 Å². The van der Waals surface area contributed by atoms with E-state index in [1.165, 1.54) is 44.9 Å². The lowest BCUT2D eigenvalue weighted by molar-refractivity contribution is -0.129. The van der Waals surface area contributed by atoms with Crippen LogP contribution in [0.25, 0.3) is 0 Å². The molecule has 23 heavy (non-hydrogen) atoms. The van der Waals surface area contributed by atoms with Gasteiger partial charge >= 0.3 is 0 Å². The zero-order valence-corrected chi connectivity index (χ0v) is 14.2. The maximum Gasteiger partial charge on any atom is 0.242 e. The molecule has 5 nitrogen and oxygen atoms in total. The fourth-order valence-electron chi connectivity index (χ4n) is 3.99. The van der Waals surface area contributed by atoms with Crippen LogP contribution in [-0.2, 0) is 9.59 Å². The zero-order valence-electron chi connectivity index (χ0n) is 14.2. The monoisotopic (exact) mass is 321 g/mol. The van der Waals surface area contributed by atoms with E-state index < -0.39 is 0 Å². The molecule has 3 aliphatic rings. The van der Waals surface area contributed by atoms with Crippen LogP contribution in [-0.4, -0.2) is 48.4 Å². The molecule has 1 atom stereocenters. The molecule has 2 N–H and O–H groups in total. The summed E-state index contributed by atoms with van der Waals surface area (Å²) >= 11 is 0. The first-order valence-electron chi connectivity index (χ1n) is 9.53. The van der Waals surface area contributed by atoms with Crippen molar-refractivity contribution >= 4 is 11.8 Å². The number of hydrogen-bond donors (Lipinski definition) is 2. The SMILES string of the molecule is O=C(CN(CC1CCCCC1)C1CC1)NC1CCCCNC1=O. The molecule has 3 rings (SSSR count). The highest BCUT2D eigenvalue weighted by molar-refractivity contribution is 5.88. The van der Waals surface area contributed by atoms with E-state index in [9.17, 15) is 9.59 Å². The minimum atomic E-state index is -0.333. The van der Waals surface area contributed by atoms with Gasteiger partial charge in [-0.25, -0.2) is 0 Å². The van der Waals surface area contributed by atoms with Crippen molar-refractivity contribution in [3.8, 4) is 0 Å². The number of carbonyl (C=O) groups excluding carboxylic acids is 2. The minimum Gasteiger partial charge on any atom is -0.354 e. The Morgan fingerprint density at radius 3 is 2.52 bits per heavy atom. The van der Waals surface area contributed by atoms with Gasteiger partial charge in [0.2, 0.25) is 11.8 Å². The highest BCUT2D eigenvalue weighted by atomic mass is 16.2. The summed E-state index contributed by atoms with van der Waals surface area (Å²) in [4.78, 5) is 26.8. The quantitative estimate of drug-likeness (QED) is 0.784. The van der Waals surface area contributed by atoms with Crippen LogP contribution in [0.5, 0.6) is 0 Å². The number of carbonyl (C=O) groups is 2. The van der Waals surface area contributed by atoms with Gasteiger partial charge < -0.3 is 10.6 Å². The van der Waals surface area contributed by atoms with Gasteiger partial charge in [-0.15, -0.1) is 0 Å². The van der Waals surface area contributed by atoms with Crippen molar-refractivity contribution in [2.45, 2.75) is 76.3 Å². The molecule has 0 aromatic carbocycles. The molecule has 0 spiro atoms. The second-order valence-electron chi connectivity index (χ2n) is 7.57. The molecule has 1 aliphatic heterocycles. The van der Waals surface area contributed by atoms with Crippen LogP contribution in [0.15, 0.2) is 0 Å². The van der Waals surface area contributed by atoms with Crippen LogP contribution in [0, 0.1) is 5.92 Å². The first-order valence-corrected chi connectivity index (χ1v) is 9.53. The van der Waals surface area contributed by atoms with Crippen LogP contribution in [0.2, 0.25) is 0 Å². The summed E-state index contributed by atoms with van der Waals surface area (Å²) in [6, 6.07) is 0.270. The molecule has 0 bridgehead atoms. The summed E-state index contributed by atoms with van der Waals surface area (Å²) in [7, 11) is 0. The molecule has 1 unspecified atom stereocenters. The number of amides is 2. The lowest BCUT2D eigenvalue weighted by Crippen LogP contribution is -2.49. The third-order valence-corrected chi connectivity index (χ3v) is 5.50. The first kappa shape index (κ1) is 16.7. The molecule has 1 heterocycles. The molecule has 3 fully saturated rings. The fourth-order valence-corrected chi connectivity index (χ4v) is 3.99. The van der Waals surface area contributed by atoms with Gasteiger partial charge in [-0.05, 0) is 50.9 Å². The van der Waals surface area contributed by atoms with Crippen LogP contribution in [0.4, 0.5) is 0 Å². The van der Waals surface area contributed by atoms with Crippen molar-refractivity contribution in [2.75, 3.05) is 19.6 Å². The maximum absolute atomic E-state index is 12.4. The van der Waals surface area contributed by atoms with E-state index in [1.54, 1.807) is 0 Å². The summed E-state index contributed by atoms with van der Waals surface area (Å²) in [5.41, 5.74) is 0. The van der Waals surface area contributed by atoms with Crippen molar-refractivity contribution in [2.24, 2.45) is 5.92 Å². The highest BCUT2D eigenvalue weighted by Crippen LogP contribution is 2.31. The third-order valence-electron chi connectivity index (χ3n) is 5.50. The van der Waals surface area contributed by atoms with Crippen molar-refractivity contribution in [1.29, 1.82) is 0 Å². The van der Waals surface area contributed by atoms with E-state index in [4.69, 9.17) is 0 Å². The molecule has 0 aromatic rings. The Morgan fingerprint density at radius 1 is 1.04 bits per heavy atom. The maximum atomic E-state index is 12.4. The standard InChI is InChI=1S/C18H31N3O2/c22-17(20-16-8-4-5-11-19-18(16)23)13-21(15-9-10-15)12-14-6-2-1-3-7-14/h14-16H,1-13H2,(H,19,23)(H,20,22). The Kier molecular flexibility index (Phi) is 5.92. The predicted molar refractivity (Wildman–Crippen MR) is 90.0 cm³/mol. The Hall–Kier alpha value is -1.10. The molecule has 0 radical (unpaired) electrons. The number of nitrogens with zero attached hydrogens (tertiary/aromatic N) is 1. The Morgan fingerprint density at radius 2 is 1.78 bits per heavy atom. The van der Waals surface area contributed by atoms with Gasteiger partial charge in [0, 0.05) is 19.1 Å². The summed E-state index contributed by atoms with van der Waals surface area (Å²) in [5.74, 6) is 0.772. The van der Waals surface area contributed by atoms with Crippen molar-refractivity contribution in [3.63, 3.8) is 0 Å². The van der Waals surface area contributed by atoms with E-state index in [0.29, 0.717) is 12.6 Å². The molecule has 0 aromatic heterocycles. The Balaban J connectivity index is 1.48. The average Bonchev–Trinajstić information content (AvgIpc) is 3.38. The van der Waals surface area contributed by atoms with Gasteiger partial charge in [0.1, 0.15) is 6.04 Å². The van der Waals surface area contributed by atoms with E-state index in [1.807, 2.05) is 0 Å². The lowest BCUT2D eigenvalue weighted by Gasteiger charge is -2.29. The summed E-state index contributed by atoms with van der Waals surface area (Å²) in [6.07, 6.45) is 11.9. The van der Waals surface area contributed by atoms with Crippen molar-refractivity contribution < 1.29 is 9.59 Å². The lowest BCUT2D eigenvalue weighted by atomic mass is 9.89. The molecule has 2 aliphatic carbocycles. The van der Waals surface area contributed by atoms with E-state index >= 15 is 0 Å². The van der Waals surface area contributed by atoms with Crippen LogP contribution >= 0.6 is 0 Å². The number of rotatable bonds is 6. The fraction of sp³-hybridized carbons (Fsp3) is 0.889. The molecular weight excluding hydrogens is 290 g/mol. The largest absolute Gasteiger partial charge is 0.354 e. The van der Waals surface area contributed by atoms with Crippen molar-refractivity contribution in [1.82, 2.24) is 15.5 Å². The van der Waals surface area contributed by atoms with Crippen molar-refractivity contribution in [3.05, 3.63) is 0 Å². The Labute approximate surface area is 139 Å². The van der Waals surface area contributed by atoms with Gasteiger partial charge in [-0.3, -0.25) is 14.5 Å². The van der Waals surface area contributed by atoms with Gasteiger partial charge in [-0.1, -0.05) is 19.3 Å². The topological polar surface area (TPSA) is 61.4 Å². The normalized spacial score (nSPS) is 26.7. The van der Waals surface area contributed by atoms with Crippen LogP contribution in [0.1, 0.15) is 64.2 Å². The third kappa shape index (κ3) is 5.20. The average molecular weight is 321 g/mol. The predicted octanol–water partition coefficient (Wildman–Crippen LogP) is 1.82. The van der Waals surface area contributed by atoms with Gasteiger partial charge in [0.05, 0.1) is 6.54 Å². The van der Waals surface area contributed by atoms with Gasteiger partial charge in [-0.2, -0.15) is 0 Å². The molecule has 1 saturated heterocycles. The minimum absolute atomic E-state index is 0.0129. The first-order chi connectivity index (χ1) is 11.2. The van der Waals surface area contributed by atoms with E-state index in [0.717, 1.165) is 38.3 Å². The zero-order chi connectivity index (χ0) is 16.1. The summed E-state index contributed by atoms with van der Waals surface area (Å²) in [6.45, 7) is 2.26. The number of hydrogen-bond acceptors (Lipinski definition) is 3. The van der Waals surface area contributed by atoms with E-state index in [-0.39, 0.29) is 17.9 Å². The summed E-state index contributed by atoms with van der Waals surface area (Å²) < 4.78 is 0. The second kappa shape index (κ2) is 8.13. The molecule has 2 amide bonds. The highest BCUT2D eigenvalue weighted by Gasteiger charge is 2.33. The molecule has 2 saturated carbocycles. The van der Waals surface area contributed by atoms with E-state index in [2.05, 4.69) is 15.5 Å². The molecular formula is C18H31N3O2. The van der Waals surface area contributed by atoms with Gasteiger partial charge in [0.15, 0.2) is 0 Å². The Bertz CT molecular complexity index is 416. The number of nitrogens with one attached hydrogen (secondary N) is 2. The summed E-state index contributed by atoms with van der Waals surface area (Å²) in [5, 5.41) is 5.85. The van der Waals surface area contributed by atoms with Crippen LogP contribution in [0.3, 0.4) is 0 Å². The molecule has 130 valence electrons. The molecule has 5 heteroatoms. The van der Waals surface area contributed by atoms with Gasteiger partial charge in [0.25, 0.3) is 0 Å². The second-order valence-corrected chi connectivity index (χ2v) is 7.57.